The van der Waals surface area contributed by atoms with E-state index in [0.717, 1.165) is 17.8 Å². The summed E-state index contributed by atoms with van der Waals surface area (Å²) >= 11 is 0. The van der Waals surface area contributed by atoms with Crippen molar-refractivity contribution in [1.82, 2.24) is 0 Å². The molecule has 0 saturated heterocycles. The van der Waals surface area contributed by atoms with Gasteiger partial charge >= 0.3 is 0 Å². The zero-order valence-electron chi connectivity index (χ0n) is 8.72. The molecule has 0 aliphatic heterocycles. The van der Waals surface area contributed by atoms with Crippen LogP contribution in [0.25, 0.3) is 0 Å². The predicted octanol–water partition coefficient (Wildman–Crippen LogP) is 4.02. The highest BCUT2D eigenvalue weighted by atomic mass is 14.3. The predicted molar refractivity (Wildman–Crippen MR) is 55.1 cm³/mol. The molecule has 70 valence electrons. The first-order valence-electron chi connectivity index (χ1n) is 5.50. The Bertz CT molecular complexity index is 146. The van der Waals surface area contributed by atoms with Crippen LogP contribution in [0.15, 0.2) is 12.2 Å². The standard InChI is InChI=1S/C12H22/c1-4-10-8-7-9-11(5-2)12(10)6-3/h7-8,10-12H,4-6,9H2,1-3H3. The van der Waals surface area contributed by atoms with Gasteiger partial charge < -0.3 is 0 Å². The van der Waals surface area contributed by atoms with Crippen LogP contribution >= 0.6 is 0 Å². The quantitative estimate of drug-likeness (QED) is 0.555. The fourth-order valence-corrected chi connectivity index (χ4v) is 2.64. The average molecular weight is 166 g/mol. The Morgan fingerprint density at radius 3 is 2.33 bits per heavy atom. The van der Waals surface area contributed by atoms with Crippen molar-refractivity contribution in [2.45, 2.75) is 46.5 Å². The van der Waals surface area contributed by atoms with E-state index >= 15 is 0 Å². The molecule has 3 unspecified atom stereocenters. The van der Waals surface area contributed by atoms with Gasteiger partial charge in [0.15, 0.2) is 0 Å². The van der Waals surface area contributed by atoms with E-state index in [1.165, 1.54) is 25.7 Å². The number of hydrogen-bond donors (Lipinski definition) is 0. The minimum atomic E-state index is 0.869. The molecule has 0 aromatic carbocycles. The summed E-state index contributed by atoms with van der Waals surface area (Å²) in [5.74, 6) is 2.80. The van der Waals surface area contributed by atoms with Gasteiger partial charge in [0, 0.05) is 0 Å². The van der Waals surface area contributed by atoms with Gasteiger partial charge in [0.25, 0.3) is 0 Å². The van der Waals surface area contributed by atoms with Crippen molar-refractivity contribution in [2.75, 3.05) is 0 Å². The lowest BCUT2D eigenvalue weighted by atomic mass is 9.72. The molecule has 1 aliphatic rings. The van der Waals surface area contributed by atoms with Crippen LogP contribution in [0.4, 0.5) is 0 Å². The lowest BCUT2D eigenvalue weighted by Crippen LogP contribution is -2.23. The summed E-state index contributed by atoms with van der Waals surface area (Å²) in [5.41, 5.74) is 0. The molecule has 0 fully saturated rings. The van der Waals surface area contributed by atoms with Gasteiger partial charge in [-0.3, -0.25) is 0 Å². The third-order valence-electron chi connectivity index (χ3n) is 3.44. The van der Waals surface area contributed by atoms with E-state index in [9.17, 15) is 0 Å². The maximum atomic E-state index is 2.44. The van der Waals surface area contributed by atoms with E-state index in [-0.39, 0.29) is 0 Å². The van der Waals surface area contributed by atoms with Crippen molar-refractivity contribution >= 4 is 0 Å². The molecule has 0 spiro atoms. The van der Waals surface area contributed by atoms with Crippen molar-refractivity contribution in [2.24, 2.45) is 17.8 Å². The van der Waals surface area contributed by atoms with E-state index in [1.807, 2.05) is 0 Å². The maximum absolute atomic E-state index is 2.44. The van der Waals surface area contributed by atoms with Gasteiger partial charge in [0.1, 0.15) is 0 Å². The van der Waals surface area contributed by atoms with E-state index < -0.39 is 0 Å². The van der Waals surface area contributed by atoms with Crippen LogP contribution in [0.3, 0.4) is 0 Å². The van der Waals surface area contributed by atoms with Crippen molar-refractivity contribution in [1.29, 1.82) is 0 Å². The van der Waals surface area contributed by atoms with Crippen LogP contribution in [0.5, 0.6) is 0 Å². The zero-order valence-corrected chi connectivity index (χ0v) is 8.72. The SMILES string of the molecule is CCC1C=CCC(CC)C1CC. The Morgan fingerprint density at radius 2 is 1.83 bits per heavy atom. The average Bonchev–Trinajstić information content (AvgIpc) is 2.16. The molecule has 0 saturated carbocycles. The summed E-state index contributed by atoms with van der Waals surface area (Å²) in [5, 5.41) is 0. The van der Waals surface area contributed by atoms with Gasteiger partial charge in [0.05, 0.1) is 0 Å². The van der Waals surface area contributed by atoms with Gasteiger partial charge in [-0.1, -0.05) is 45.8 Å². The first-order chi connectivity index (χ1) is 5.83. The van der Waals surface area contributed by atoms with E-state index in [4.69, 9.17) is 0 Å². The first-order valence-corrected chi connectivity index (χ1v) is 5.50. The molecular weight excluding hydrogens is 144 g/mol. The van der Waals surface area contributed by atoms with Crippen LogP contribution in [-0.4, -0.2) is 0 Å². The van der Waals surface area contributed by atoms with E-state index in [1.54, 1.807) is 0 Å². The fourth-order valence-electron chi connectivity index (χ4n) is 2.64. The Kier molecular flexibility index (Phi) is 3.84. The molecule has 0 aromatic heterocycles. The lowest BCUT2D eigenvalue weighted by Gasteiger charge is -2.33. The van der Waals surface area contributed by atoms with Crippen molar-refractivity contribution in [3.63, 3.8) is 0 Å². The highest BCUT2D eigenvalue weighted by Crippen LogP contribution is 2.36. The molecule has 0 N–H and O–H groups in total. The molecule has 0 nitrogen and oxygen atoms in total. The van der Waals surface area contributed by atoms with Gasteiger partial charge in [0.2, 0.25) is 0 Å². The topological polar surface area (TPSA) is 0 Å². The minimum absolute atomic E-state index is 0.869. The summed E-state index contributed by atoms with van der Waals surface area (Å²) in [6, 6.07) is 0. The van der Waals surface area contributed by atoms with Gasteiger partial charge in [-0.15, -0.1) is 0 Å². The Balaban J connectivity index is 2.63. The summed E-state index contributed by atoms with van der Waals surface area (Å²) in [7, 11) is 0. The van der Waals surface area contributed by atoms with Crippen molar-refractivity contribution in [3.8, 4) is 0 Å². The van der Waals surface area contributed by atoms with Gasteiger partial charge in [-0.05, 0) is 30.6 Å². The number of allylic oxidation sites excluding steroid dienone is 2. The van der Waals surface area contributed by atoms with Crippen LogP contribution < -0.4 is 0 Å². The third-order valence-corrected chi connectivity index (χ3v) is 3.44. The smallest absolute Gasteiger partial charge is 0.0205 e. The van der Waals surface area contributed by atoms with Crippen LogP contribution in [0, 0.1) is 17.8 Å². The van der Waals surface area contributed by atoms with Gasteiger partial charge in [-0.25, -0.2) is 0 Å². The van der Waals surface area contributed by atoms with Crippen LogP contribution in [0.1, 0.15) is 46.5 Å². The van der Waals surface area contributed by atoms with Crippen molar-refractivity contribution < 1.29 is 0 Å². The summed E-state index contributed by atoms with van der Waals surface area (Å²) in [4.78, 5) is 0. The zero-order chi connectivity index (χ0) is 8.97. The Labute approximate surface area is 77.1 Å². The summed E-state index contributed by atoms with van der Waals surface area (Å²) in [6.07, 6.45) is 10.2. The monoisotopic (exact) mass is 166 g/mol. The highest BCUT2D eigenvalue weighted by molar-refractivity contribution is 4.99. The molecule has 3 atom stereocenters. The minimum Gasteiger partial charge on any atom is -0.0880 e. The van der Waals surface area contributed by atoms with E-state index in [2.05, 4.69) is 32.9 Å². The number of hydrogen-bond acceptors (Lipinski definition) is 0. The van der Waals surface area contributed by atoms with E-state index in [0.29, 0.717) is 0 Å². The molecular formula is C12H22. The molecule has 1 rings (SSSR count). The largest absolute Gasteiger partial charge is 0.0880 e. The maximum Gasteiger partial charge on any atom is -0.0205 e. The molecule has 0 radical (unpaired) electrons. The van der Waals surface area contributed by atoms with Crippen LogP contribution in [-0.2, 0) is 0 Å². The molecule has 0 aromatic rings. The van der Waals surface area contributed by atoms with Crippen molar-refractivity contribution in [3.05, 3.63) is 12.2 Å². The summed E-state index contributed by atoms with van der Waals surface area (Å²) in [6.45, 7) is 6.99. The molecule has 0 amide bonds. The van der Waals surface area contributed by atoms with Gasteiger partial charge in [-0.2, -0.15) is 0 Å². The van der Waals surface area contributed by atoms with Crippen LogP contribution in [0.2, 0.25) is 0 Å². The second-order valence-electron chi connectivity index (χ2n) is 3.98. The molecule has 0 heteroatoms. The summed E-state index contributed by atoms with van der Waals surface area (Å²) < 4.78 is 0. The fraction of sp³-hybridized carbons (Fsp3) is 0.833. The lowest BCUT2D eigenvalue weighted by molar-refractivity contribution is 0.228. The second kappa shape index (κ2) is 4.69. The Morgan fingerprint density at radius 1 is 1.08 bits per heavy atom. The molecule has 0 heterocycles. The highest BCUT2D eigenvalue weighted by Gasteiger charge is 2.26. The molecule has 0 bridgehead atoms. The number of rotatable bonds is 3. The Hall–Kier alpha value is -0.260. The normalized spacial score (nSPS) is 35.4. The molecule has 1 aliphatic carbocycles. The second-order valence-corrected chi connectivity index (χ2v) is 3.98. The third kappa shape index (κ3) is 1.91. The molecule has 12 heavy (non-hydrogen) atoms. The first kappa shape index (κ1) is 9.83.